The molecule has 4 nitrogen and oxygen atoms in total. The maximum Gasteiger partial charge on any atom is 0.156 e. The molecule has 1 aromatic carbocycles. The Hall–Kier alpha value is -1.94. The summed E-state index contributed by atoms with van der Waals surface area (Å²) >= 11 is 0. The molecule has 94 valence electrons. The molecule has 0 aliphatic rings. The highest BCUT2D eigenvalue weighted by Gasteiger charge is 1.99. The van der Waals surface area contributed by atoms with Gasteiger partial charge in [0, 0.05) is 6.42 Å². The van der Waals surface area contributed by atoms with Gasteiger partial charge in [-0.15, -0.1) is 0 Å². The van der Waals surface area contributed by atoms with Crippen LogP contribution in [-0.2, 0) is 13.0 Å². The molecule has 2 aromatic rings. The molecule has 2 N–H and O–H groups in total. The highest BCUT2D eigenvalue weighted by Crippen LogP contribution is 2.10. The first-order valence-corrected chi connectivity index (χ1v) is 6.06. The van der Waals surface area contributed by atoms with Crippen LogP contribution in [0.5, 0.6) is 5.75 Å². The molecule has 4 heteroatoms. The van der Waals surface area contributed by atoms with Crippen molar-refractivity contribution < 1.29 is 4.74 Å². The van der Waals surface area contributed by atoms with Gasteiger partial charge < -0.3 is 10.5 Å². The monoisotopic (exact) mass is 243 g/mol. The summed E-state index contributed by atoms with van der Waals surface area (Å²) in [6.45, 7) is 1.20. The molecule has 0 radical (unpaired) electrons. The van der Waals surface area contributed by atoms with Crippen molar-refractivity contribution >= 4 is 0 Å². The number of hydrogen-bond donors (Lipinski definition) is 1. The van der Waals surface area contributed by atoms with Gasteiger partial charge >= 0.3 is 0 Å². The predicted molar refractivity (Wildman–Crippen MR) is 70.2 cm³/mol. The topological polar surface area (TPSA) is 61.0 Å². The third-order valence-corrected chi connectivity index (χ3v) is 2.53. The molecule has 0 saturated carbocycles. The number of ether oxygens (including phenoxy) is 1. The lowest BCUT2D eigenvalue weighted by Gasteiger charge is -2.06. The van der Waals surface area contributed by atoms with E-state index < -0.39 is 0 Å². The highest BCUT2D eigenvalue weighted by atomic mass is 16.5. The number of hydrogen-bond acceptors (Lipinski definition) is 4. The molecule has 1 heterocycles. The largest absolute Gasteiger partial charge is 0.486 e. The number of nitrogens with two attached hydrogens (primary N) is 1. The highest BCUT2D eigenvalue weighted by molar-refractivity contribution is 5.17. The van der Waals surface area contributed by atoms with Crippen molar-refractivity contribution in [2.24, 2.45) is 5.73 Å². The Morgan fingerprint density at radius 1 is 1.06 bits per heavy atom. The van der Waals surface area contributed by atoms with Crippen LogP contribution in [-0.4, -0.2) is 16.5 Å². The number of rotatable bonds is 6. The minimum Gasteiger partial charge on any atom is -0.486 e. The standard InChI is InChI=1S/C14H17N3O/c15-8-4-7-14-16-9-13(10-17-14)18-11-12-5-2-1-3-6-12/h1-3,5-6,9-10H,4,7-8,11,15H2. The third-order valence-electron chi connectivity index (χ3n) is 2.53. The fourth-order valence-electron chi connectivity index (χ4n) is 1.55. The number of nitrogens with zero attached hydrogens (tertiary/aromatic N) is 2. The van der Waals surface area contributed by atoms with Gasteiger partial charge in [-0.25, -0.2) is 9.97 Å². The Labute approximate surface area is 107 Å². The van der Waals surface area contributed by atoms with E-state index in [4.69, 9.17) is 10.5 Å². The van der Waals surface area contributed by atoms with Crippen LogP contribution in [0, 0.1) is 0 Å². The maximum atomic E-state index is 5.60. The molecule has 2 rings (SSSR count). The van der Waals surface area contributed by atoms with Gasteiger partial charge in [0.15, 0.2) is 5.75 Å². The summed E-state index contributed by atoms with van der Waals surface area (Å²) in [4.78, 5) is 8.47. The van der Waals surface area contributed by atoms with Crippen LogP contribution in [0.1, 0.15) is 17.8 Å². The minimum atomic E-state index is 0.534. The molecule has 0 saturated heterocycles. The summed E-state index contributed by atoms with van der Waals surface area (Å²) < 4.78 is 5.60. The van der Waals surface area contributed by atoms with Crippen LogP contribution >= 0.6 is 0 Å². The van der Waals surface area contributed by atoms with Gasteiger partial charge in [0.25, 0.3) is 0 Å². The van der Waals surface area contributed by atoms with E-state index in [2.05, 4.69) is 9.97 Å². The van der Waals surface area contributed by atoms with E-state index in [9.17, 15) is 0 Å². The van der Waals surface area contributed by atoms with Gasteiger partial charge in [-0.1, -0.05) is 30.3 Å². The molecule has 0 bridgehead atoms. The lowest BCUT2D eigenvalue weighted by molar-refractivity contribution is 0.303. The van der Waals surface area contributed by atoms with Gasteiger partial charge in [-0.3, -0.25) is 0 Å². The molecule has 18 heavy (non-hydrogen) atoms. The Balaban J connectivity index is 1.86. The smallest absolute Gasteiger partial charge is 0.156 e. The molecule has 0 aliphatic carbocycles. The van der Waals surface area contributed by atoms with Crippen LogP contribution in [0.3, 0.4) is 0 Å². The van der Waals surface area contributed by atoms with Crippen molar-refractivity contribution in [3.8, 4) is 5.75 Å². The van der Waals surface area contributed by atoms with E-state index in [1.54, 1.807) is 12.4 Å². The Morgan fingerprint density at radius 3 is 2.44 bits per heavy atom. The first kappa shape index (κ1) is 12.5. The van der Waals surface area contributed by atoms with Crippen LogP contribution in [0.4, 0.5) is 0 Å². The van der Waals surface area contributed by atoms with E-state index in [-0.39, 0.29) is 0 Å². The Morgan fingerprint density at radius 2 is 1.78 bits per heavy atom. The van der Waals surface area contributed by atoms with Gasteiger partial charge in [0.2, 0.25) is 0 Å². The fraction of sp³-hybridized carbons (Fsp3) is 0.286. The molecule has 0 amide bonds. The second-order valence-corrected chi connectivity index (χ2v) is 4.00. The van der Waals surface area contributed by atoms with Gasteiger partial charge in [-0.2, -0.15) is 0 Å². The van der Waals surface area contributed by atoms with Crippen LogP contribution in [0.25, 0.3) is 0 Å². The second-order valence-electron chi connectivity index (χ2n) is 4.00. The molecule has 0 aliphatic heterocycles. The molecule has 0 spiro atoms. The van der Waals surface area contributed by atoms with E-state index in [1.807, 2.05) is 30.3 Å². The van der Waals surface area contributed by atoms with Crippen LogP contribution in [0.15, 0.2) is 42.7 Å². The fourth-order valence-corrected chi connectivity index (χ4v) is 1.55. The summed E-state index contributed by atoms with van der Waals surface area (Å²) in [6, 6.07) is 10.0. The molecule has 0 atom stereocenters. The van der Waals surface area contributed by atoms with Crippen LogP contribution in [0.2, 0.25) is 0 Å². The zero-order valence-corrected chi connectivity index (χ0v) is 10.2. The van der Waals surface area contributed by atoms with E-state index in [0.29, 0.717) is 18.9 Å². The van der Waals surface area contributed by atoms with Crippen molar-refractivity contribution in [1.29, 1.82) is 0 Å². The molecular formula is C14H17N3O. The molecule has 1 aromatic heterocycles. The van der Waals surface area contributed by atoms with Crippen molar-refractivity contribution in [3.63, 3.8) is 0 Å². The average Bonchev–Trinajstić information content (AvgIpc) is 2.45. The zero-order valence-electron chi connectivity index (χ0n) is 10.2. The van der Waals surface area contributed by atoms with Crippen molar-refractivity contribution in [3.05, 3.63) is 54.1 Å². The van der Waals surface area contributed by atoms with Gasteiger partial charge in [-0.05, 0) is 18.5 Å². The Bertz CT molecular complexity index is 456. The van der Waals surface area contributed by atoms with Gasteiger partial charge in [0.05, 0.1) is 12.4 Å². The first-order chi connectivity index (χ1) is 8.88. The summed E-state index contributed by atoms with van der Waals surface area (Å²) in [5.74, 6) is 1.50. The van der Waals surface area contributed by atoms with Crippen molar-refractivity contribution in [1.82, 2.24) is 9.97 Å². The summed E-state index contributed by atoms with van der Waals surface area (Å²) in [5.41, 5.74) is 6.57. The van der Waals surface area contributed by atoms with Gasteiger partial charge in [0.1, 0.15) is 12.4 Å². The zero-order chi connectivity index (χ0) is 12.6. The predicted octanol–water partition coefficient (Wildman–Crippen LogP) is 1.95. The second kappa shape index (κ2) is 6.71. The lowest BCUT2D eigenvalue weighted by atomic mass is 10.2. The number of benzene rings is 1. The third kappa shape index (κ3) is 3.82. The first-order valence-electron chi connectivity index (χ1n) is 6.06. The number of aryl methyl sites for hydroxylation is 1. The summed E-state index contributed by atoms with van der Waals surface area (Å²) in [7, 11) is 0. The van der Waals surface area contributed by atoms with E-state index >= 15 is 0 Å². The molecular weight excluding hydrogens is 226 g/mol. The summed E-state index contributed by atoms with van der Waals surface area (Å²) in [6.07, 6.45) is 5.14. The quantitative estimate of drug-likeness (QED) is 0.842. The van der Waals surface area contributed by atoms with E-state index in [1.165, 1.54) is 0 Å². The van der Waals surface area contributed by atoms with Crippen molar-refractivity contribution in [2.45, 2.75) is 19.4 Å². The summed E-state index contributed by atoms with van der Waals surface area (Å²) in [5, 5.41) is 0. The normalized spacial score (nSPS) is 10.3. The average molecular weight is 243 g/mol. The maximum absolute atomic E-state index is 5.60. The lowest BCUT2D eigenvalue weighted by Crippen LogP contribution is -2.03. The number of aromatic nitrogens is 2. The minimum absolute atomic E-state index is 0.534. The SMILES string of the molecule is NCCCc1ncc(OCc2ccccc2)cn1. The molecule has 0 fully saturated rings. The van der Waals surface area contributed by atoms with Crippen LogP contribution < -0.4 is 10.5 Å². The van der Waals surface area contributed by atoms with E-state index in [0.717, 1.165) is 24.2 Å². The van der Waals surface area contributed by atoms with Crippen molar-refractivity contribution in [2.75, 3.05) is 6.54 Å². The molecule has 0 unspecified atom stereocenters. The Kier molecular flexibility index (Phi) is 4.67.